The van der Waals surface area contributed by atoms with Gasteiger partial charge in [0.25, 0.3) is 0 Å². The summed E-state index contributed by atoms with van der Waals surface area (Å²) in [7, 11) is 0. The quantitative estimate of drug-likeness (QED) is 0.538. The highest BCUT2D eigenvalue weighted by Gasteiger charge is 2.26. The maximum Gasteiger partial charge on any atom is 0.0491 e. The first kappa shape index (κ1) is 20.2. The molecule has 3 heteroatoms. The number of halogens is 1. The van der Waals surface area contributed by atoms with E-state index in [0.717, 1.165) is 31.2 Å². The van der Waals surface area contributed by atoms with Crippen LogP contribution in [0.4, 0.5) is 0 Å². The second-order valence-electron chi connectivity index (χ2n) is 8.11. The lowest BCUT2D eigenvalue weighted by Crippen LogP contribution is -2.45. The maximum absolute atomic E-state index is 6.55. The molecule has 1 atom stereocenters. The lowest BCUT2D eigenvalue weighted by molar-refractivity contribution is 0.154. The molecule has 2 nitrogen and oxygen atoms in total. The standard InChI is InChI=1S/C26H29ClN2/c1-19(2)21-10-5-6-12-23(21)22-11-4-3-9-20(22)18-29-16-15-28-17-26(29)24-13-7-8-14-25(24)27/h3-14,19,26,28H,15-18H2,1-2H3/t26-/m1/s1. The Morgan fingerprint density at radius 2 is 1.62 bits per heavy atom. The van der Waals surface area contributed by atoms with Gasteiger partial charge in [0.1, 0.15) is 0 Å². The zero-order valence-corrected chi connectivity index (χ0v) is 18.0. The van der Waals surface area contributed by atoms with Gasteiger partial charge in [0.2, 0.25) is 0 Å². The van der Waals surface area contributed by atoms with Crippen molar-refractivity contribution >= 4 is 11.6 Å². The first-order valence-corrected chi connectivity index (χ1v) is 10.9. The predicted octanol–water partition coefficient (Wildman–Crippen LogP) is 6.28. The van der Waals surface area contributed by atoms with Crippen LogP contribution in [0.5, 0.6) is 0 Å². The molecule has 150 valence electrons. The molecule has 0 aromatic heterocycles. The highest BCUT2D eigenvalue weighted by atomic mass is 35.5. The van der Waals surface area contributed by atoms with Crippen molar-refractivity contribution in [3.8, 4) is 11.1 Å². The normalized spacial score (nSPS) is 17.6. The summed E-state index contributed by atoms with van der Waals surface area (Å²) in [4.78, 5) is 2.56. The largest absolute Gasteiger partial charge is 0.314 e. The molecule has 3 aromatic rings. The van der Waals surface area contributed by atoms with Gasteiger partial charge in [-0.1, -0.05) is 92.2 Å². The van der Waals surface area contributed by atoms with Crippen LogP contribution in [0.15, 0.2) is 72.8 Å². The van der Waals surface area contributed by atoms with Gasteiger partial charge in [-0.3, -0.25) is 4.90 Å². The molecule has 1 heterocycles. The molecule has 29 heavy (non-hydrogen) atoms. The fourth-order valence-corrected chi connectivity index (χ4v) is 4.63. The Morgan fingerprint density at radius 3 is 2.41 bits per heavy atom. The Bertz CT molecular complexity index is 966. The molecule has 1 saturated heterocycles. The smallest absolute Gasteiger partial charge is 0.0491 e. The van der Waals surface area contributed by atoms with Gasteiger partial charge in [-0.05, 0) is 39.8 Å². The number of nitrogens with zero attached hydrogens (tertiary/aromatic N) is 1. The van der Waals surface area contributed by atoms with Gasteiger partial charge >= 0.3 is 0 Å². The minimum Gasteiger partial charge on any atom is -0.314 e. The highest BCUT2D eigenvalue weighted by molar-refractivity contribution is 6.31. The zero-order valence-electron chi connectivity index (χ0n) is 17.2. The number of piperazine rings is 1. The summed E-state index contributed by atoms with van der Waals surface area (Å²) in [5.41, 5.74) is 6.68. The van der Waals surface area contributed by atoms with Gasteiger partial charge in [-0.25, -0.2) is 0 Å². The lowest BCUT2D eigenvalue weighted by atomic mass is 9.90. The van der Waals surface area contributed by atoms with E-state index in [-0.39, 0.29) is 6.04 Å². The van der Waals surface area contributed by atoms with Gasteiger partial charge in [-0.2, -0.15) is 0 Å². The van der Waals surface area contributed by atoms with Crippen LogP contribution in [0.2, 0.25) is 5.02 Å². The SMILES string of the molecule is CC(C)c1ccccc1-c1ccccc1CN1CCNC[C@@H]1c1ccccc1Cl. The van der Waals surface area contributed by atoms with Gasteiger partial charge < -0.3 is 5.32 Å². The van der Waals surface area contributed by atoms with E-state index >= 15 is 0 Å². The molecule has 0 amide bonds. The molecule has 1 aliphatic rings. The summed E-state index contributed by atoms with van der Waals surface area (Å²) in [6.07, 6.45) is 0. The Labute approximate surface area is 179 Å². The number of nitrogens with one attached hydrogen (secondary N) is 1. The Hall–Kier alpha value is -2.13. The zero-order chi connectivity index (χ0) is 20.2. The molecule has 0 spiro atoms. The van der Waals surface area contributed by atoms with Crippen molar-refractivity contribution in [2.75, 3.05) is 19.6 Å². The molecule has 1 fully saturated rings. The van der Waals surface area contributed by atoms with Crippen molar-refractivity contribution in [3.63, 3.8) is 0 Å². The van der Waals surface area contributed by atoms with Gasteiger partial charge in [-0.15, -0.1) is 0 Å². The number of benzene rings is 3. The van der Waals surface area contributed by atoms with Crippen molar-refractivity contribution in [2.24, 2.45) is 0 Å². The average Bonchev–Trinajstić information content (AvgIpc) is 2.75. The average molecular weight is 405 g/mol. The summed E-state index contributed by atoms with van der Waals surface area (Å²) in [5, 5.41) is 4.40. The van der Waals surface area contributed by atoms with Gasteiger partial charge in [0.15, 0.2) is 0 Å². The van der Waals surface area contributed by atoms with E-state index in [4.69, 9.17) is 11.6 Å². The fourth-order valence-electron chi connectivity index (χ4n) is 4.37. The lowest BCUT2D eigenvalue weighted by Gasteiger charge is -2.37. The number of rotatable bonds is 5. The number of hydrogen-bond donors (Lipinski definition) is 1. The molecular formula is C26H29ClN2. The van der Waals surface area contributed by atoms with Crippen LogP contribution < -0.4 is 5.32 Å². The van der Waals surface area contributed by atoms with Crippen molar-refractivity contribution < 1.29 is 0 Å². The van der Waals surface area contributed by atoms with E-state index in [1.165, 1.54) is 27.8 Å². The Kier molecular flexibility index (Phi) is 6.34. The topological polar surface area (TPSA) is 15.3 Å². The third-order valence-corrected chi connectivity index (χ3v) is 6.23. The van der Waals surface area contributed by atoms with Crippen molar-refractivity contribution in [2.45, 2.75) is 32.4 Å². The van der Waals surface area contributed by atoms with E-state index < -0.39 is 0 Å². The maximum atomic E-state index is 6.55. The van der Waals surface area contributed by atoms with Crippen LogP contribution in [0.25, 0.3) is 11.1 Å². The summed E-state index contributed by atoms with van der Waals surface area (Å²) < 4.78 is 0. The molecule has 0 unspecified atom stereocenters. The van der Waals surface area contributed by atoms with Crippen molar-refractivity contribution in [1.82, 2.24) is 10.2 Å². The van der Waals surface area contributed by atoms with Gasteiger partial charge in [0, 0.05) is 37.2 Å². The Morgan fingerprint density at radius 1 is 0.931 bits per heavy atom. The summed E-state index contributed by atoms with van der Waals surface area (Å²) in [6, 6.07) is 26.2. The second kappa shape index (κ2) is 9.13. The summed E-state index contributed by atoms with van der Waals surface area (Å²) >= 11 is 6.55. The Balaban J connectivity index is 1.69. The van der Waals surface area contributed by atoms with E-state index in [2.05, 4.69) is 84.7 Å². The first-order valence-electron chi connectivity index (χ1n) is 10.5. The van der Waals surface area contributed by atoms with Crippen LogP contribution in [-0.2, 0) is 6.54 Å². The first-order chi connectivity index (χ1) is 14.1. The van der Waals surface area contributed by atoms with Crippen LogP contribution in [0, 0.1) is 0 Å². The number of hydrogen-bond acceptors (Lipinski definition) is 2. The summed E-state index contributed by atoms with van der Waals surface area (Å²) in [5.74, 6) is 0.495. The molecule has 1 N–H and O–H groups in total. The molecule has 3 aromatic carbocycles. The van der Waals surface area contributed by atoms with Crippen LogP contribution in [0.3, 0.4) is 0 Å². The van der Waals surface area contributed by atoms with E-state index in [9.17, 15) is 0 Å². The minimum absolute atomic E-state index is 0.283. The van der Waals surface area contributed by atoms with Crippen LogP contribution in [-0.4, -0.2) is 24.5 Å². The summed E-state index contributed by atoms with van der Waals surface area (Å²) in [6.45, 7) is 8.40. The molecule has 0 bridgehead atoms. The van der Waals surface area contributed by atoms with Gasteiger partial charge in [0.05, 0.1) is 0 Å². The third kappa shape index (κ3) is 4.40. The van der Waals surface area contributed by atoms with E-state index in [1.54, 1.807) is 0 Å². The third-order valence-electron chi connectivity index (χ3n) is 5.88. The predicted molar refractivity (Wildman–Crippen MR) is 123 cm³/mol. The van der Waals surface area contributed by atoms with Crippen LogP contribution >= 0.6 is 11.6 Å². The van der Waals surface area contributed by atoms with Crippen molar-refractivity contribution in [1.29, 1.82) is 0 Å². The molecule has 1 aliphatic heterocycles. The molecular weight excluding hydrogens is 376 g/mol. The van der Waals surface area contributed by atoms with E-state index in [1.807, 2.05) is 12.1 Å². The van der Waals surface area contributed by atoms with Crippen LogP contribution in [0.1, 0.15) is 42.5 Å². The fraction of sp³-hybridized carbons (Fsp3) is 0.308. The molecule has 0 aliphatic carbocycles. The van der Waals surface area contributed by atoms with Crippen molar-refractivity contribution in [3.05, 3.63) is 94.5 Å². The highest BCUT2D eigenvalue weighted by Crippen LogP contribution is 2.34. The molecule has 4 rings (SSSR count). The second-order valence-corrected chi connectivity index (χ2v) is 8.52. The minimum atomic E-state index is 0.283. The molecule has 0 radical (unpaired) electrons. The van der Waals surface area contributed by atoms with E-state index in [0.29, 0.717) is 5.92 Å². The monoisotopic (exact) mass is 404 g/mol. The molecule has 0 saturated carbocycles.